The maximum atomic E-state index is 12.8. The van der Waals surface area contributed by atoms with Gasteiger partial charge in [0.2, 0.25) is 14.9 Å². The maximum absolute atomic E-state index is 12.8. The Labute approximate surface area is 140 Å². The zero-order valence-corrected chi connectivity index (χ0v) is 14.4. The second-order valence-corrected chi connectivity index (χ2v) is 7.27. The molecule has 0 spiro atoms. The number of methoxy groups -OCH3 is 1. The van der Waals surface area contributed by atoms with Gasteiger partial charge in [0.15, 0.2) is 0 Å². The quantitative estimate of drug-likeness (QED) is 0.728. The third kappa shape index (κ3) is 2.78. The average molecular weight is 343 g/mol. The fourth-order valence-electron chi connectivity index (χ4n) is 2.36. The number of rotatable bonds is 4. The fourth-order valence-corrected chi connectivity index (χ4v) is 3.70. The van der Waals surface area contributed by atoms with Crippen LogP contribution in [0.15, 0.2) is 58.5 Å². The number of ether oxygens (including phenoxy) is 1. The third-order valence-electron chi connectivity index (χ3n) is 3.76. The average Bonchev–Trinajstić information content (AvgIpc) is 2.98. The number of nitrogens with zero attached hydrogens (tertiary/aromatic N) is 3. The van der Waals surface area contributed by atoms with Crippen molar-refractivity contribution >= 4 is 9.84 Å². The topological polar surface area (TPSA) is 74.1 Å². The van der Waals surface area contributed by atoms with Crippen LogP contribution in [0.5, 0.6) is 5.75 Å². The third-order valence-corrected chi connectivity index (χ3v) is 5.53. The van der Waals surface area contributed by atoms with E-state index < -0.39 is 9.84 Å². The highest BCUT2D eigenvalue weighted by molar-refractivity contribution is 7.91. The highest BCUT2D eigenvalue weighted by Crippen LogP contribution is 2.25. The summed E-state index contributed by atoms with van der Waals surface area (Å²) in [5, 5.41) is 7.85. The van der Waals surface area contributed by atoms with Crippen LogP contribution < -0.4 is 4.74 Å². The fraction of sp³-hybridized carbons (Fsp3) is 0.176. The Morgan fingerprint density at radius 2 is 1.58 bits per heavy atom. The van der Waals surface area contributed by atoms with Gasteiger partial charge < -0.3 is 4.74 Å². The van der Waals surface area contributed by atoms with Gasteiger partial charge in [0, 0.05) is 0 Å². The van der Waals surface area contributed by atoms with E-state index in [0.29, 0.717) is 11.4 Å². The molecule has 7 heteroatoms. The minimum Gasteiger partial charge on any atom is -0.497 e. The molecule has 0 saturated carbocycles. The van der Waals surface area contributed by atoms with Crippen molar-refractivity contribution in [2.45, 2.75) is 23.8 Å². The van der Waals surface area contributed by atoms with E-state index in [1.807, 2.05) is 31.2 Å². The molecule has 0 N–H and O–H groups in total. The summed E-state index contributed by atoms with van der Waals surface area (Å²) in [6.45, 7) is 3.67. The van der Waals surface area contributed by atoms with Crippen LogP contribution in [-0.4, -0.2) is 30.5 Å². The first-order valence-corrected chi connectivity index (χ1v) is 8.80. The Kier molecular flexibility index (Phi) is 4.11. The molecule has 3 aromatic rings. The number of hydrogen-bond acceptors (Lipinski definition) is 5. The first-order chi connectivity index (χ1) is 11.4. The first kappa shape index (κ1) is 16.2. The zero-order chi connectivity index (χ0) is 17.3. The molecule has 6 nitrogen and oxygen atoms in total. The summed E-state index contributed by atoms with van der Waals surface area (Å²) in [6, 6.07) is 13.8. The molecule has 24 heavy (non-hydrogen) atoms. The van der Waals surface area contributed by atoms with Gasteiger partial charge >= 0.3 is 0 Å². The summed E-state index contributed by atoms with van der Waals surface area (Å²) in [5.74, 6) is 0.592. The van der Waals surface area contributed by atoms with Crippen LogP contribution in [0.25, 0.3) is 5.69 Å². The molecule has 0 aliphatic rings. The van der Waals surface area contributed by atoms with Crippen LogP contribution in [0.1, 0.15) is 11.3 Å². The Morgan fingerprint density at radius 1 is 0.958 bits per heavy atom. The summed E-state index contributed by atoms with van der Waals surface area (Å²) in [4.78, 5) is 0.155. The number of aromatic nitrogens is 3. The van der Waals surface area contributed by atoms with Gasteiger partial charge in [0.25, 0.3) is 0 Å². The molecular weight excluding hydrogens is 326 g/mol. The Bertz CT molecular complexity index is 959. The van der Waals surface area contributed by atoms with E-state index in [1.54, 1.807) is 19.1 Å². The molecule has 0 amide bonds. The lowest BCUT2D eigenvalue weighted by atomic mass is 10.2. The van der Waals surface area contributed by atoms with Gasteiger partial charge in [0.05, 0.1) is 23.4 Å². The molecule has 2 aromatic carbocycles. The highest BCUT2D eigenvalue weighted by Gasteiger charge is 2.25. The van der Waals surface area contributed by atoms with E-state index in [2.05, 4.69) is 10.3 Å². The second kappa shape index (κ2) is 6.09. The Morgan fingerprint density at radius 3 is 2.17 bits per heavy atom. The van der Waals surface area contributed by atoms with Gasteiger partial charge in [-0.15, -0.1) is 5.10 Å². The number of benzene rings is 2. The van der Waals surface area contributed by atoms with E-state index in [4.69, 9.17) is 4.74 Å². The van der Waals surface area contributed by atoms with Gasteiger partial charge in [-0.3, -0.25) is 0 Å². The lowest BCUT2D eigenvalue weighted by Gasteiger charge is -2.06. The smallest absolute Gasteiger partial charge is 0.227 e. The van der Waals surface area contributed by atoms with Crippen LogP contribution >= 0.6 is 0 Å². The highest BCUT2D eigenvalue weighted by atomic mass is 32.2. The van der Waals surface area contributed by atoms with E-state index in [0.717, 1.165) is 11.3 Å². The molecule has 0 aliphatic heterocycles. The predicted octanol–water partition coefficient (Wildman–Crippen LogP) is 2.73. The summed E-state index contributed by atoms with van der Waals surface area (Å²) in [5.41, 5.74) is 2.35. The normalized spacial score (nSPS) is 11.5. The molecular formula is C17H17N3O3S. The number of sulfone groups is 1. The van der Waals surface area contributed by atoms with Crippen LogP contribution in [0, 0.1) is 13.8 Å². The largest absolute Gasteiger partial charge is 0.497 e. The minimum atomic E-state index is -3.74. The van der Waals surface area contributed by atoms with Crippen molar-refractivity contribution in [1.29, 1.82) is 0 Å². The van der Waals surface area contributed by atoms with Crippen LogP contribution in [0.4, 0.5) is 0 Å². The van der Waals surface area contributed by atoms with E-state index in [-0.39, 0.29) is 9.92 Å². The number of aryl methyl sites for hydroxylation is 1. The zero-order valence-electron chi connectivity index (χ0n) is 13.6. The van der Waals surface area contributed by atoms with Gasteiger partial charge in [-0.2, -0.15) is 0 Å². The monoisotopic (exact) mass is 343 g/mol. The summed E-state index contributed by atoms with van der Waals surface area (Å²) in [6.07, 6.45) is 0. The summed E-state index contributed by atoms with van der Waals surface area (Å²) in [7, 11) is -2.21. The molecule has 1 aromatic heterocycles. The molecule has 124 valence electrons. The van der Waals surface area contributed by atoms with Crippen LogP contribution in [0.2, 0.25) is 0 Å². The molecule has 0 atom stereocenters. The maximum Gasteiger partial charge on any atom is 0.227 e. The standard InChI is InChI=1S/C17H17N3O3S/c1-12-4-6-14(7-5-12)20-13(2)17(18-19-20)24(21,22)16-10-8-15(23-3)9-11-16/h4-11H,1-3H3. The molecule has 0 bridgehead atoms. The van der Waals surface area contributed by atoms with Crippen LogP contribution in [0.3, 0.4) is 0 Å². The molecule has 0 radical (unpaired) electrons. The Hall–Kier alpha value is -2.67. The predicted molar refractivity (Wildman–Crippen MR) is 89.3 cm³/mol. The van der Waals surface area contributed by atoms with Crippen molar-refractivity contribution in [2.75, 3.05) is 7.11 Å². The molecule has 0 saturated heterocycles. The van der Waals surface area contributed by atoms with Gasteiger partial charge in [-0.25, -0.2) is 13.1 Å². The molecule has 3 rings (SSSR count). The van der Waals surface area contributed by atoms with Gasteiger partial charge in [-0.1, -0.05) is 22.9 Å². The second-order valence-electron chi connectivity index (χ2n) is 5.41. The van der Waals surface area contributed by atoms with Crippen molar-refractivity contribution in [3.63, 3.8) is 0 Å². The van der Waals surface area contributed by atoms with Crippen molar-refractivity contribution in [3.8, 4) is 11.4 Å². The first-order valence-electron chi connectivity index (χ1n) is 7.32. The molecule has 0 fully saturated rings. The lowest BCUT2D eigenvalue weighted by Crippen LogP contribution is -2.05. The summed E-state index contributed by atoms with van der Waals surface area (Å²) < 4.78 is 32.2. The van der Waals surface area contributed by atoms with Crippen molar-refractivity contribution < 1.29 is 13.2 Å². The van der Waals surface area contributed by atoms with Crippen molar-refractivity contribution in [1.82, 2.24) is 15.0 Å². The molecule has 0 unspecified atom stereocenters. The summed E-state index contributed by atoms with van der Waals surface area (Å²) >= 11 is 0. The molecule has 0 aliphatic carbocycles. The minimum absolute atomic E-state index is 0.0479. The van der Waals surface area contributed by atoms with Gasteiger partial charge in [-0.05, 0) is 50.2 Å². The van der Waals surface area contributed by atoms with Crippen LogP contribution in [-0.2, 0) is 9.84 Å². The lowest BCUT2D eigenvalue weighted by molar-refractivity contribution is 0.414. The van der Waals surface area contributed by atoms with Gasteiger partial charge in [0.1, 0.15) is 5.75 Å². The number of hydrogen-bond donors (Lipinski definition) is 0. The van der Waals surface area contributed by atoms with Crippen molar-refractivity contribution in [2.24, 2.45) is 0 Å². The van der Waals surface area contributed by atoms with Crippen molar-refractivity contribution in [3.05, 3.63) is 59.8 Å². The SMILES string of the molecule is COc1ccc(S(=O)(=O)c2nnn(-c3ccc(C)cc3)c2C)cc1. The Balaban J connectivity index is 2.04. The van der Waals surface area contributed by atoms with E-state index in [1.165, 1.54) is 23.9 Å². The van der Waals surface area contributed by atoms with E-state index >= 15 is 0 Å². The van der Waals surface area contributed by atoms with E-state index in [9.17, 15) is 8.42 Å². The molecule has 1 heterocycles.